The molecule has 1 aliphatic heterocycles. The maximum absolute atomic E-state index is 13.4. The van der Waals surface area contributed by atoms with Crippen LogP contribution in [0.25, 0.3) is 0 Å². The summed E-state index contributed by atoms with van der Waals surface area (Å²) in [5.74, 6) is -2.57. The number of halogens is 1. The number of carbonyl (C=O) groups is 4. The van der Waals surface area contributed by atoms with Crippen molar-refractivity contribution < 1.29 is 28.3 Å². The van der Waals surface area contributed by atoms with Crippen LogP contribution in [0.4, 0.5) is 10.1 Å². The minimum atomic E-state index is -1.06. The fourth-order valence-electron chi connectivity index (χ4n) is 3.86. The normalized spacial score (nSPS) is 15.3. The number of amides is 3. The highest BCUT2D eigenvalue weighted by atomic mass is 19.1. The number of ether oxygens (including phenoxy) is 1. The molecule has 1 atom stereocenters. The Labute approximate surface area is 200 Å². The average Bonchev–Trinajstić information content (AvgIpc) is 3.17. The second kappa shape index (κ2) is 10.3. The van der Waals surface area contributed by atoms with Crippen molar-refractivity contribution in [3.8, 4) is 0 Å². The van der Waals surface area contributed by atoms with Gasteiger partial charge in [0, 0.05) is 24.5 Å². The summed E-state index contributed by atoms with van der Waals surface area (Å²) in [5, 5.41) is 0. The van der Waals surface area contributed by atoms with E-state index in [4.69, 9.17) is 4.74 Å². The molecule has 3 amide bonds. The van der Waals surface area contributed by atoms with Crippen LogP contribution in [0.5, 0.6) is 0 Å². The molecule has 8 nitrogen and oxygen atoms in total. The van der Waals surface area contributed by atoms with E-state index in [0.29, 0.717) is 5.56 Å². The highest BCUT2D eigenvalue weighted by molar-refractivity contribution is 6.23. The van der Waals surface area contributed by atoms with Crippen molar-refractivity contribution in [2.45, 2.75) is 25.9 Å². The van der Waals surface area contributed by atoms with Crippen LogP contribution in [-0.2, 0) is 20.9 Å². The van der Waals surface area contributed by atoms with Gasteiger partial charge >= 0.3 is 5.97 Å². The first-order chi connectivity index (χ1) is 16.9. The maximum Gasteiger partial charge on any atom is 0.338 e. The van der Waals surface area contributed by atoms with Crippen molar-refractivity contribution in [2.24, 2.45) is 0 Å². The number of hydrogen-bond donors (Lipinski definition) is 0. The molecule has 0 aliphatic carbocycles. The van der Waals surface area contributed by atoms with E-state index in [-0.39, 0.29) is 36.4 Å². The monoisotopic (exact) mass is 475 g/mol. The second-order valence-electron chi connectivity index (χ2n) is 7.86. The zero-order valence-electron chi connectivity index (χ0n) is 18.9. The molecule has 2 heterocycles. The van der Waals surface area contributed by atoms with Gasteiger partial charge in [-0.2, -0.15) is 0 Å². The summed E-state index contributed by atoms with van der Waals surface area (Å²) in [6, 6.07) is 13.3. The number of esters is 1. The molecule has 0 radical (unpaired) electrons. The molecule has 0 saturated carbocycles. The first-order valence-electron chi connectivity index (χ1n) is 11.0. The Kier molecular flexibility index (Phi) is 6.96. The molecular weight excluding hydrogens is 453 g/mol. The Morgan fingerprint density at radius 3 is 2.37 bits per heavy atom. The van der Waals surface area contributed by atoms with E-state index in [1.807, 2.05) is 0 Å². The quantitative estimate of drug-likeness (QED) is 0.384. The molecule has 2 aromatic carbocycles. The Morgan fingerprint density at radius 1 is 1.06 bits per heavy atom. The zero-order valence-corrected chi connectivity index (χ0v) is 18.9. The molecule has 178 valence electrons. The van der Waals surface area contributed by atoms with Crippen LogP contribution in [0, 0.1) is 5.82 Å². The van der Waals surface area contributed by atoms with Crippen LogP contribution in [-0.4, -0.2) is 46.2 Å². The predicted octanol–water partition coefficient (Wildman–Crippen LogP) is 3.37. The summed E-state index contributed by atoms with van der Waals surface area (Å²) in [7, 11) is 0. The van der Waals surface area contributed by atoms with Crippen molar-refractivity contribution in [3.05, 3.63) is 95.6 Å². The Morgan fingerprint density at radius 2 is 1.74 bits per heavy atom. The summed E-state index contributed by atoms with van der Waals surface area (Å²) in [6.07, 6.45) is 2.94. The number of pyridine rings is 1. The Balaban J connectivity index is 1.63. The number of imide groups is 1. The molecule has 1 aromatic heterocycles. The molecule has 0 bridgehead atoms. The van der Waals surface area contributed by atoms with Gasteiger partial charge in [0.1, 0.15) is 11.9 Å². The molecule has 9 heteroatoms. The lowest BCUT2D eigenvalue weighted by Crippen LogP contribution is -2.45. The topological polar surface area (TPSA) is 96.9 Å². The van der Waals surface area contributed by atoms with Crippen LogP contribution in [0.1, 0.15) is 39.6 Å². The summed E-state index contributed by atoms with van der Waals surface area (Å²) >= 11 is 0. The lowest BCUT2D eigenvalue weighted by atomic mass is 10.1. The van der Waals surface area contributed by atoms with Crippen molar-refractivity contribution in [1.82, 2.24) is 9.88 Å². The van der Waals surface area contributed by atoms with Crippen molar-refractivity contribution in [2.75, 3.05) is 11.5 Å². The fraction of sp³-hybridized carbons (Fsp3) is 0.192. The molecule has 0 N–H and O–H groups in total. The SMILES string of the molecule is CCOC(=O)c1ccc(N2C(=O)CC(N(Cc3cccnc3)C(=O)c3ccc(F)cc3)C2=O)cc1. The molecule has 1 fully saturated rings. The molecule has 0 spiro atoms. The highest BCUT2D eigenvalue weighted by Gasteiger charge is 2.44. The van der Waals surface area contributed by atoms with Gasteiger partial charge in [-0.15, -0.1) is 0 Å². The maximum atomic E-state index is 13.4. The van der Waals surface area contributed by atoms with Gasteiger partial charge in [0.15, 0.2) is 0 Å². The van der Waals surface area contributed by atoms with Gasteiger partial charge in [-0.05, 0) is 67.1 Å². The van der Waals surface area contributed by atoms with Crippen LogP contribution in [0.15, 0.2) is 73.1 Å². The Bertz CT molecular complexity index is 1250. The van der Waals surface area contributed by atoms with Gasteiger partial charge in [0.2, 0.25) is 5.91 Å². The van der Waals surface area contributed by atoms with Crippen LogP contribution in [0.3, 0.4) is 0 Å². The molecular formula is C26H22FN3O5. The van der Waals surface area contributed by atoms with Crippen LogP contribution in [0.2, 0.25) is 0 Å². The number of rotatable bonds is 7. The third kappa shape index (κ3) is 5.08. The highest BCUT2D eigenvalue weighted by Crippen LogP contribution is 2.28. The number of anilines is 1. The van der Waals surface area contributed by atoms with E-state index in [0.717, 1.165) is 17.0 Å². The molecule has 3 aromatic rings. The molecule has 35 heavy (non-hydrogen) atoms. The first kappa shape index (κ1) is 23.7. The summed E-state index contributed by atoms with van der Waals surface area (Å²) < 4.78 is 18.4. The third-order valence-electron chi connectivity index (χ3n) is 5.56. The lowest BCUT2D eigenvalue weighted by Gasteiger charge is -2.28. The van der Waals surface area contributed by atoms with Gasteiger partial charge in [-0.25, -0.2) is 14.1 Å². The Hall–Kier alpha value is -4.40. The number of benzene rings is 2. The minimum absolute atomic E-state index is 0.0311. The van der Waals surface area contributed by atoms with E-state index in [1.165, 1.54) is 41.3 Å². The van der Waals surface area contributed by atoms with Crippen LogP contribution < -0.4 is 4.90 Å². The molecule has 1 saturated heterocycles. The van der Waals surface area contributed by atoms with Crippen molar-refractivity contribution in [3.63, 3.8) is 0 Å². The van der Waals surface area contributed by atoms with Gasteiger partial charge < -0.3 is 9.64 Å². The fourth-order valence-corrected chi connectivity index (χ4v) is 3.86. The van der Waals surface area contributed by atoms with E-state index in [1.54, 1.807) is 31.5 Å². The van der Waals surface area contributed by atoms with Gasteiger partial charge in [0.25, 0.3) is 11.8 Å². The molecule has 1 aliphatic rings. The standard InChI is InChI=1S/C26H22FN3O5/c1-2-35-26(34)19-7-11-21(12-8-19)30-23(31)14-22(25(30)33)29(16-17-4-3-13-28-15-17)24(32)18-5-9-20(27)10-6-18/h3-13,15,22H,2,14,16H2,1H3. The summed E-state index contributed by atoms with van der Waals surface area (Å²) in [4.78, 5) is 57.9. The molecule has 1 unspecified atom stereocenters. The number of carbonyl (C=O) groups excluding carboxylic acids is 4. The minimum Gasteiger partial charge on any atom is -0.462 e. The van der Waals surface area contributed by atoms with Crippen LogP contribution >= 0.6 is 0 Å². The second-order valence-corrected chi connectivity index (χ2v) is 7.86. The van der Waals surface area contributed by atoms with E-state index in [2.05, 4.69) is 4.98 Å². The number of nitrogens with zero attached hydrogens (tertiary/aromatic N) is 3. The predicted molar refractivity (Wildman–Crippen MR) is 124 cm³/mol. The van der Waals surface area contributed by atoms with E-state index < -0.39 is 35.5 Å². The largest absolute Gasteiger partial charge is 0.462 e. The van der Waals surface area contributed by atoms with E-state index >= 15 is 0 Å². The van der Waals surface area contributed by atoms with Gasteiger partial charge in [-0.1, -0.05) is 6.07 Å². The number of hydrogen-bond acceptors (Lipinski definition) is 6. The average molecular weight is 475 g/mol. The summed E-state index contributed by atoms with van der Waals surface area (Å²) in [6.45, 7) is 1.95. The smallest absolute Gasteiger partial charge is 0.338 e. The van der Waals surface area contributed by atoms with Crippen molar-refractivity contribution >= 4 is 29.4 Å². The van der Waals surface area contributed by atoms with Gasteiger partial charge in [-0.3, -0.25) is 19.4 Å². The zero-order chi connectivity index (χ0) is 24.9. The first-order valence-corrected chi connectivity index (χ1v) is 11.0. The van der Waals surface area contributed by atoms with Crippen molar-refractivity contribution in [1.29, 1.82) is 0 Å². The lowest BCUT2D eigenvalue weighted by molar-refractivity contribution is -0.122. The molecule has 4 rings (SSSR count). The summed E-state index contributed by atoms with van der Waals surface area (Å²) in [5.41, 5.74) is 1.43. The van der Waals surface area contributed by atoms with Gasteiger partial charge in [0.05, 0.1) is 24.3 Å². The number of aromatic nitrogens is 1. The third-order valence-corrected chi connectivity index (χ3v) is 5.56. The van der Waals surface area contributed by atoms with E-state index in [9.17, 15) is 23.6 Å².